The molecule has 6 nitrogen and oxygen atoms in total. The molecule has 1 saturated carbocycles. The monoisotopic (exact) mass is 381 g/mol. The molecule has 2 N–H and O–H groups in total. The first-order valence-corrected chi connectivity index (χ1v) is 9.86. The van der Waals surface area contributed by atoms with Crippen LogP contribution in [0.3, 0.4) is 0 Å². The number of aryl methyl sites for hydroxylation is 1. The van der Waals surface area contributed by atoms with Gasteiger partial charge < -0.3 is 20.1 Å². The van der Waals surface area contributed by atoms with Crippen LogP contribution in [0.15, 0.2) is 17.3 Å². The van der Waals surface area contributed by atoms with Crippen LogP contribution in [0.4, 0.5) is 0 Å². The van der Waals surface area contributed by atoms with Gasteiger partial charge in [-0.25, -0.2) is 0 Å². The Labute approximate surface area is 162 Å². The van der Waals surface area contributed by atoms with Crippen molar-refractivity contribution in [3.05, 3.63) is 23.0 Å². The first-order chi connectivity index (χ1) is 12.5. The Kier molecular flexibility index (Phi) is 8.29. The van der Waals surface area contributed by atoms with Gasteiger partial charge >= 0.3 is 0 Å². The number of rotatable bonds is 7. The zero-order valence-electron chi connectivity index (χ0n) is 16.2. The molecule has 0 bridgehead atoms. The van der Waals surface area contributed by atoms with Crippen molar-refractivity contribution >= 4 is 23.5 Å². The van der Waals surface area contributed by atoms with Crippen molar-refractivity contribution in [2.75, 3.05) is 27.2 Å². The number of guanidine groups is 1. The summed E-state index contributed by atoms with van der Waals surface area (Å²) < 4.78 is 2.01. The highest BCUT2D eigenvalue weighted by molar-refractivity contribution is 6.30. The van der Waals surface area contributed by atoms with Crippen LogP contribution in [0.5, 0.6) is 0 Å². The molecule has 1 amide bonds. The van der Waals surface area contributed by atoms with Crippen LogP contribution in [0, 0.1) is 5.92 Å². The molecule has 26 heavy (non-hydrogen) atoms. The fraction of sp³-hybridized carbons (Fsp3) is 0.684. The number of halogens is 1. The van der Waals surface area contributed by atoms with E-state index in [0.29, 0.717) is 32.0 Å². The van der Waals surface area contributed by atoms with Gasteiger partial charge in [-0.3, -0.25) is 9.79 Å². The lowest BCUT2D eigenvalue weighted by Crippen LogP contribution is -2.42. The maximum atomic E-state index is 12.0. The fourth-order valence-corrected chi connectivity index (χ4v) is 3.80. The maximum Gasteiger partial charge on any atom is 0.220 e. The number of hydrogen-bond acceptors (Lipinski definition) is 2. The molecule has 1 fully saturated rings. The Balaban J connectivity index is 1.67. The molecule has 0 radical (unpaired) electrons. The van der Waals surface area contributed by atoms with Crippen molar-refractivity contribution in [3.63, 3.8) is 0 Å². The van der Waals surface area contributed by atoms with E-state index in [1.165, 1.54) is 32.1 Å². The van der Waals surface area contributed by atoms with E-state index in [4.69, 9.17) is 11.6 Å². The summed E-state index contributed by atoms with van der Waals surface area (Å²) in [5, 5.41) is 7.04. The van der Waals surface area contributed by atoms with Gasteiger partial charge in [0.15, 0.2) is 5.96 Å². The molecule has 0 aromatic carbocycles. The second-order valence-corrected chi connectivity index (χ2v) is 7.59. The second-order valence-electron chi connectivity index (χ2n) is 7.15. The normalized spacial score (nSPS) is 15.8. The summed E-state index contributed by atoms with van der Waals surface area (Å²) >= 11 is 6.04. The van der Waals surface area contributed by atoms with E-state index in [-0.39, 0.29) is 5.91 Å². The molecule has 1 aromatic rings. The molecule has 0 atom stereocenters. The minimum absolute atomic E-state index is 0.167. The van der Waals surface area contributed by atoms with Crippen LogP contribution in [0.2, 0.25) is 5.02 Å². The highest BCUT2D eigenvalue weighted by atomic mass is 35.5. The number of amides is 1. The molecule has 0 spiro atoms. The molecular weight excluding hydrogens is 350 g/mol. The summed E-state index contributed by atoms with van der Waals surface area (Å²) in [7, 11) is 5.73. The highest BCUT2D eigenvalue weighted by Crippen LogP contribution is 2.25. The first kappa shape index (κ1) is 20.6. The van der Waals surface area contributed by atoms with Crippen LogP contribution in [-0.2, 0) is 18.4 Å². The van der Waals surface area contributed by atoms with Crippen molar-refractivity contribution in [2.45, 2.75) is 45.1 Å². The van der Waals surface area contributed by atoms with Gasteiger partial charge in [0.05, 0.1) is 11.6 Å². The average molecular weight is 382 g/mol. The van der Waals surface area contributed by atoms with Crippen molar-refractivity contribution in [2.24, 2.45) is 18.0 Å². The molecule has 146 valence electrons. The molecule has 0 saturated heterocycles. The van der Waals surface area contributed by atoms with Gasteiger partial charge in [-0.2, -0.15) is 0 Å². The van der Waals surface area contributed by atoms with Crippen LogP contribution < -0.4 is 10.6 Å². The molecule has 1 aliphatic carbocycles. The molecular formula is C19H32ClN5O. The smallest absolute Gasteiger partial charge is 0.220 e. The Morgan fingerprint density at radius 1 is 1.31 bits per heavy atom. The Morgan fingerprint density at radius 2 is 2.00 bits per heavy atom. The lowest BCUT2D eigenvalue weighted by atomic mass is 9.87. The van der Waals surface area contributed by atoms with Crippen LogP contribution in [0.1, 0.15) is 44.2 Å². The van der Waals surface area contributed by atoms with E-state index in [1.807, 2.05) is 35.8 Å². The van der Waals surface area contributed by atoms with E-state index >= 15 is 0 Å². The van der Waals surface area contributed by atoms with E-state index in [1.54, 1.807) is 7.05 Å². The predicted molar refractivity (Wildman–Crippen MR) is 107 cm³/mol. The Hall–Kier alpha value is -1.69. The number of carbonyl (C=O) groups excluding carboxylic acids is 1. The number of aromatic nitrogens is 1. The summed E-state index contributed by atoms with van der Waals surface area (Å²) in [4.78, 5) is 18.4. The lowest BCUT2D eigenvalue weighted by Gasteiger charge is -2.23. The Morgan fingerprint density at radius 3 is 2.62 bits per heavy atom. The number of hydrogen-bond donors (Lipinski definition) is 2. The van der Waals surface area contributed by atoms with E-state index in [0.717, 1.165) is 16.7 Å². The van der Waals surface area contributed by atoms with Crippen LogP contribution in [0.25, 0.3) is 0 Å². The predicted octanol–water partition coefficient (Wildman–Crippen LogP) is 2.77. The third-order valence-electron chi connectivity index (χ3n) is 4.98. The highest BCUT2D eigenvalue weighted by Gasteiger charge is 2.16. The maximum absolute atomic E-state index is 12.0. The number of nitrogens with zero attached hydrogens (tertiary/aromatic N) is 3. The molecule has 1 aliphatic rings. The zero-order valence-corrected chi connectivity index (χ0v) is 17.0. The van der Waals surface area contributed by atoms with Gasteiger partial charge in [0.2, 0.25) is 5.91 Å². The lowest BCUT2D eigenvalue weighted by molar-refractivity contribution is -0.122. The van der Waals surface area contributed by atoms with Gasteiger partial charge in [-0.1, -0.05) is 30.9 Å². The molecule has 1 heterocycles. The number of aliphatic imine (C=N–C) groups is 1. The molecule has 2 rings (SSSR count). The van der Waals surface area contributed by atoms with Crippen molar-refractivity contribution in [1.82, 2.24) is 20.1 Å². The number of nitrogens with one attached hydrogen (secondary N) is 2. The third-order valence-corrected chi connectivity index (χ3v) is 5.18. The standard InChI is InChI=1S/C19H32ClN5O/c1-21-19(25(3)14-17-12-16(20)13-24(17)2)23-10-9-22-18(26)11-15-7-5-4-6-8-15/h12-13,15H,4-11,14H2,1-3H3,(H,21,23)(H,22,26). The SMILES string of the molecule is CN=C(NCCNC(=O)CC1CCCCC1)N(C)Cc1cc(Cl)cn1C. The third kappa shape index (κ3) is 6.56. The van der Waals surface area contributed by atoms with Gasteiger partial charge in [-0.05, 0) is 24.8 Å². The summed E-state index contributed by atoms with van der Waals surface area (Å²) in [5.41, 5.74) is 1.11. The topological polar surface area (TPSA) is 61.7 Å². The Bertz CT molecular complexity index is 607. The van der Waals surface area contributed by atoms with E-state index in [2.05, 4.69) is 15.6 Å². The van der Waals surface area contributed by atoms with Crippen molar-refractivity contribution in [1.29, 1.82) is 0 Å². The second kappa shape index (κ2) is 10.5. The quantitative estimate of drug-likeness (QED) is 0.433. The summed E-state index contributed by atoms with van der Waals surface area (Å²) in [5.74, 6) is 1.54. The minimum atomic E-state index is 0.167. The molecule has 0 unspecified atom stereocenters. The molecule has 7 heteroatoms. The summed E-state index contributed by atoms with van der Waals surface area (Å²) in [6.45, 7) is 1.96. The summed E-state index contributed by atoms with van der Waals surface area (Å²) in [6, 6.07) is 1.96. The largest absolute Gasteiger partial charge is 0.354 e. The van der Waals surface area contributed by atoms with Crippen LogP contribution in [-0.4, -0.2) is 48.5 Å². The summed E-state index contributed by atoms with van der Waals surface area (Å²) in [6.07, 6.45) is 8.83. The molecule has 1 aromatic heterocycles. The van der Waals surface area contributed by atoms with Gasteiger partial charge in [0.25, 0.3) is 0 Å². The van der Waals surface area contributed by atoms with Crippen LogP contribution >= 0.6 is 11.6 Å². The van der Waals surface area contributed by atoms with Gasteiger partial charge in [-0.15, -0.1) is 0 Å². The molecule has 0 aliphatic heterocycles. The minimum Gasteiger partial charge on any atom is -0.354 e. The first-order valence-electron chi connectivity index (χ1n) is 9.48. The van der Waals surface area contributed by atoms with E-state index in [9.17, 15) is 4.79 Å². The average Bonchev–Trinajstić information content (AvgIpc) is 2.92. The fourth-order valence-electron chi connectivity index (χ4n) is 3.53. The van der Waals surface area contributed by atoms with Gasteiger partial charge in [0.1, 0.15) is 0 Å². The zero-order chi connectivity index (χ0) is 18.9. The van der Waals surface area contributed by atoms with Gasteiger partial charge in [0, 0.05) is 52.5 Å². The van der Waals surface area contributed by atoms with E-state index < -0.39 is 0 Å². The number of carbonyl (C=O) groups is 1. The van der Waals surface area contributed by atoms with Crippen molar-refractivity contribution in [3.8, 4) is 0 Å². The van der Waals surface area contributed by atoms with Crippen molar-refractivity contribution < 1.29 is 4.79 Å².